The summed E-state index contributed by atoms with van der Waals surface area (Å²) in [5.74, 6) is -2.25. The molecule has 0 radical (unpaired) electrons. The van der Waals surface area contributed by atoms with Crippen molar-refractivity contribution in [3.05, 3.63) is 59.0 Å². The zero-order valence-corrected chi connectivity index (χ0v) is 21.5. The molecule has 1 aromatic heterocycles. The van der Waals surface area contributed by atoms with Gasteiger partial charge in [-0.25, -0.2) is 12.8 Å². The first-order valence-electron chi connectivity index (χ1n) is 11.7. The molecule has 8 nitrogen and oxygen atoms in total. The number of sulfone groups is 1. The van der Waals surface area contributed by atoms with Gasteiger partial charge >= 0.3 is 6.18 Å². The van der Waals surface area contributed by atoms with Crippen LogP contribution in [0, 0.1) is 11.7 Å². The number of oxime groups is 1. The zero-order chi connectivity index (χ0) is 27.9. The molecule has 1 amide bonds. The predicted molar refractivity (Wildman–Crippen MR) is 132 cm³/mol. The second-order valence-corrected chi connectivity index (χ2v) is 11.7. The molecule has 1 N–H and O–H groups in total. The minimum absolute atomic E-state index is 0.0483. The zero-order valence-electron chi connectivity index (χ0n) is 20.7. The summed E-state index contributed by atoms with van der Waals surface area (Å²) in [5.41, 5.74) is -2.64. The number of alkyl halides is 3. The molecule has 1 aliphatic heterocycles. The highest BCUT2D eigenvalue weighted by molar-refractivity contribution is 8.05. The number of nitrogens with zero attached hydrogens (tertiary/aromatic N) is 2. The molecule has 0 bridgehead atoms. The Labute approximate surface area is 215 Å². The first-order valence-corrected chi connectivity index (χ1v) is 13.4. The molecule has 13 heteroatoms. The summed E-state index contributed by atoms with van der Waals surface area (Å²) in [5, 5.41) is 9.76. The van der Waals surface area contributed by atoms with Gasteiger partial charge in [0.25, 0.3) is 5.91 Å². The highest BCUT2D eigenvalue weighted by atomic mass is 32.2. The summed E-state index contributed by atoms with van der Waals surface area (Å²) >= 11 is 0. The molecule has 0 saturated heterocycles. The number of carbonyl (C=O) groups excluding carboxylic acids is 1. The van der Waals surface area contributed by atoms with Gasteiger partial charge in [-0.3, -0.25) is 4.79 Å². The van der Waals surface area contributed by atoms with Gasteiger partial charge in [-0.2, -0.15) is 13.2 Å². The molecule has 204 valence electrons. The van der Waals surface area contributed by atoms with E-state index in [0.717, 1.165) is 36.8 Å². The molecule has 2 atom stereocenters. The SMILES string of the molecule is CCC(C)CC1(C)CC(S(=O)(=O)Cc2noc3cc(F)c(NC(=O)c4cccc(C(F)(F)F)c4)cc23)=NO1. The molecule has 0 saturated carbocycles. The summed E-state index contributed by atoms with van der Waals surface area (Å²) in [6.07, 6.45) is -3.06. The van der Waals surface area contributed by atoms with E-state index in [0.29, 0.717) is 18.4 Å². The fourth-order valence-electron chi connectivity index (χ4n) is 4.21. The smallest absolute Gasteiger partial charge is 0.388 e. The number of rotatable bonds is 7. The van der Waals surface area contributed by atoms with Gasteiger partial charge in [0.05, 0.1) is 11.3 Å². The predicted octanol–water partition coefficient (Wildman–Crippen LogP) is 6.08. The van der Waals surface area contributed by atoms with Crippen LogP contribution in [0.15, 0.2) is 46.1 Å². The number of aromatic nitrogens is 1. The summed E-state index contributed by atoms with van der Waals surface area (Å²) < 4.78 is 84.9. The van der Waals surface area contributed by atoms with Crippen LogP contribution in [0.3, 0.4) is 0 Å². The van der Waals surface area contributed by atoms with Crippen molar-refractivity contribution in [3.63, 3.8) is 0 Å². The van der Waals surface area contributed by atoms with Gasteiger partial charge in [0.15, 0.2) is 16.4 Å². The molecule has 2 heterocycles. The van der Waals surface area contributed by atoms with Gasteiger partial charge in [0.1, 0.15) is 17.0 Å². The number of carbonyl (C=O) groups is 1. The minimum Gasteiger partial charge on any atom is -0.388 e. The second kappa shape index (κ2) is 10.0. The number of nitrogens with one attached hydrogen (secondary N) is 1. The van der Waals surface area contributed by atoms with Crippen LogP contribution in [0.25, 0.3) is 11.0 Å². The molecule has 2 unspecified atom stereocenters. The van der Waals surface area contributed by atoms with Crippen molar-refractivity contribution in [3.8, 4) is 0 Å². The number of hydrogen-bond acceptors (Lipinski definition) is 7. The Kier molecular flexibility index (Phi) is 7.26. The van der Waals surface area contributed by atoms with Crippen molar-refractivity contribution in [1.29, 1.82) is 0 Å². The van der Waals surface area contributed by atoms with Crippen LogP contribution in [0.1, 0.15) is 61.6 Å². The largest absolute Gasteiger partial charge is 0.416 e. The normalized spacial score (nSPS) is 18.8. The van der Waals surface area contributed by atoms with Crippen molar-refractivity contribution < 1.29 is 40.1 Å². The fraction of sp³-hybridized carbons (Fsp3) is 0.400. The van der Waals surface area contributed by atoms with E-state index in [1.165, 1.54) is 0 Å². The molecule has 2 aromatic carbocycles. The average Bonchev–Trinajstić information content (AvgIpc) is 3.42. The van der Waals surface area contributed by atoms with E-state index < -0.39 is 44.7 Å². The van der Waals surface area contributed by atoms with Crippen molar-refractivity contribution in [2.45, 2.75) is 57.6 Å². The van der Waals surface area contributed by atoms with E-state index in [1.807, 2.05) is 13.8 Å². The Morgan fingerprint density at radius 3 is 2.66 bits per heavy atom. The van der Waals surface area contributed by atoms with E-state index in [9.17, 15) is 30.8 Å². The Hall–Kier alpha value is -3.48. The Morgan fingerprint density at radius 2 is 1.97 bits per heavy atom. The third kappa shape index (κ3) is 5.82. The lowest BCUT2D eigenvalue weighted by Gasteiger charge is -2.24. The van der Waals surface area contributed by atoms with Gasteiger partial charge in [-0.05, 0) is 43.5 Å². The summed E-state index contributed by atoms with van der Waals surface area (Å²) in [4.78, 5) is 18.0. The molecular formula is C25H25F4N3O5S. The molecule has 4 rings (SSSR count). The van der Waals surface area contributed by atoms with E-state index in [4.69, 9.17) is 9.36 Å². The molecule has 1 aliphatic rings. The second-order valence-electron chi connectivity index (χ2n) is 9.67. The summed E-state index contributed by atoms with van der Waals surface area (Å²) in [6, 6.07) is 5.68. The lowest BCUT2D eigenvalue weighted by molar-refractivity contribution is -0.137. The lowest BCUT2D eigenvalue weighted by atomic mass is 9.90. The Balaban J connectivity index is 1.56. The van der Waals surface area contributed by atoms with Crippen LogP contribution in [0.5, 0.6) is 0 Å². The third-order valence-corrected chi connectivity index (χ3v) is 7.98. The van der Waals surface area contributed by atoms with Gasteiger partial charge in [-0.15, -0.1) is 0 Å². The number of benzene rings is 2. The van der Waals surface area contributed by atoms with Crippen molar-refractivity contribution >= 4 is 37.4 Å². The van der Waals surface area contributed by atoms with Gasteiger partial charge in [-0.1, -0.05) is 36.6 Å². The van der Waals surface area contributed by atoms with Gasteiger partial charge in [0.2, 0.25) is 9.84 Å². The monoisotopic (exact) mass is 555 g/mol. The van der Waals surface area contributed by atoms with Crippen LogP contribution in [-0.4, -0.2) is 30.1 Å². The van der Waals surface area contributed by atoms with E-state index >= 15 is 0 Å². The van der Waals surface area contributed by atoms with Crippen LogP contribution >= 0.6 is 0 Å². The molecular weight excluding hydrogens is 530 g/mol. The van der Waals surface area contributed by atoms with E-state index in [2.05, 4.69) is 15.6 Å². The maximum Gasteiger partial charge on any atom is 0.416 e. The standard InChI is InChI=1S/C25H25F4N3O5S/c1-4-14(2)11-24(3)12-22(32-37-24)38(34,35)13-20-17-9-19(18(26)10-21(17)36-31-20)30-23(33)15-6-5-7-16(8-15)25(27,28)29/h5-10,14H,4,11-13H2,1-3H3,(H,30,33). The number of anilines is 1. The molecule has 0 aliphatic carbocycles. The van der Waals surface area contributed by atoms with E-state index in [1.54, 1.807) is 6.92 Å². The topological polar surface area (TPSA) is 111 Å². The Morgan fingerprint density at radius 1 is 1.24 bits per heavy atom. The number of halogens is 4. The first-order chi connectivity index (χ1) is 17.7. The number of fused-ring (bicyclic) bond motifs is 1. The van der Waals surface area contributed by atoms with Gasteiger partial charge < -0.3 is 14.7 Å². The average molecular weight is 556 g/mol. The van der Waals surface area contributed by atoms with Crippen molar-refractivity contribution in [2.24, 2.45) is 11.1 Å². The molecule has 3 aromatic rings. The highest BCUT2D eigenvalue weighted by Crippen LogP contribution is 2.35. The number of amides is 1. The maximum absolute atomic E-state index is 14.6. The first kappa shape index (κ1) is 27.6. The van der Waals surface area contributed by atoms with Crippen LogP contribution < -0.4 is 5.32 Å². The summed E-state index contributed by atoms with van der Waals surface area (Å²) in [6.45, 7) is 5.85. The van der Waals surface area contributed by atoms with Crippen LogP contribution in [-0.2, 0) is 26.6 Å². The van der Waals surface area contributed by atoms with Crippen LogP contribution in [0.2, 0.25) is 0 Å². The van der Waals surface area contributed by atoms with Crippen molar-refractivity contribution in [2.75, 3.05) is 5.32 Å². The van der Waals surface area contributed by atoms with Crippen LogP contribution in [0.4, 0.5) is 23.2 Å². The molecule has 0 spiro atoms. The lowest BCUT2D eigenvalue weighted by Crippen LogP contribution is -2.29. The van der Waals surface area contributed by atoms with Gasteiger partial charge in [0, 0.05) is 23.4 Å². The molecule has 0 fully saturated rings. The third-order valence-electron chi connectivity index (χ3n) is 6.39. The van der Waals surface area contributed by atoms with E-state index in [-0.39, 0.29) is 39.4 Å². The maximum atomic E-state index is 14.6. The minimum atomic E-state index is -4.66. The molecule has 38 heavy (non-hydrogen) atoms. The Bertz CT molecular complexity index is 1520. The summed E-state index contributed by atoms with van der Waals surface area (Å²) in [7, 11) is -3.98. The fourth-order valence-corrected chi connectivity index (χ4v) is 5.62. The van der Waals surface area contributed by atoms with Crippen molar-refractivity contribution in [1.82, 2.24) is 5.16 Å². The number of hydrogen-bond donors (Lipinski definition) is 1. The quantitative estimate of drug-likeness (QED) is 0.354. The highest BCUT2D eigenvalue weighted by Gasteiger charge is 2.41.